The molecule has 19 heavy (non-hydrogen) atoms. The van der Waals surface area contributed by atoms with Gasteiger partial charge in [-0.1, -0.05) is 0 Å². The van der Waals surface area contributed by atoms with Crippen molar-refractivity contribution in [3.63, 3.8) is 0 Å². The Morgan fingerprint density at radius 3 is 2.53 bits per heavy atom. The van der Waals surface area contributed by atoms with Gasteiger partial charge in [-0.05, 0) is 6.07 Å². The highest BCUT2D eigenvalue weighted by Gasteiger charge is 2.18. The van der Waals surface area contributed by atoms with Crippen molar-refractivity contribution in [2.45, 2.75) is 0 Å². The maximum Gasteiger partial charge on any atom is 0.301 e. The molecule has 0 aliphatic carbocycles. The maximum absolute atomic E-state index is 10.8. The summed E-state index contributed by atoms with van der Waals surface area (Å²) in [5.74, 6) is -0.503. The molecule has 0 saturated carbocycles. The molecule has 0 aromatic heterocycles. The van der Waals surface area contributed by atoms with Crippen molar-refractivity contribution in [1.82, 2.24) is 5.32 Å². The fraction of sp³-hybridized carbons (Fsp3) is 0.111. The van der Waals surface area contributed by atoms with Crippen molar-refractivity contribution in [1.29, 1.82) is 0 Å². The van der Waals surface area contributed by atoms with Gasteiger partial charge in [0.05, 0.1) is 15.9 Å². The van der Waals surface area contributed by atoms with Gasteiger partial charge in [-0.15, -0.1) is 0 Å². The van der Waals surface area contributed by atoms with Crippen molar-refractivity contribution in [3.05, 3.63) is 38.4 Å². The van der Waals surface area contributed by atoms with Crippen LogP contribution in [0.2, 0.25) is 0 Å². The van der Waals surface area contributed by atoms with E-state index < -0.39 is 27.1 Å². The first-order valence-electron chi connectivity index (χ1n) is 4.89. The number of benzene rings is 1. The second-order valence-electron chi connectivity index (χ2n) is 3.20. The van der Waals surface area contributed by atoms with Crippen LogP contribution in [0.1, 0.15) is 0 Å². The fourth-order valence-electron chi connectivity index (χ4n) is 1.10. The molecule has 0 aliphatic heterocycles. The molecule has 0 saturated heterocycles. The number of carbonyl (C=O) groups is 1. The Bertz CT molecular complexity index is 556. The number of carbonyl (C=O) groups excluding carboxylic acids is 1. The lowest BCUT2D eigenvalue weighted by Crippen LogP contribution is -2.19. The normalized spacial score (nSPS) is 10.2. The Morgan fingerprint density at radius 2 is 2.00 bits per heavy atom. The zero-order valence-corrected chi connectivity index (χ0v) is 9.69. The van der Waals surface area contributed by atoms with Crippen molar-refractivity contribution in [2.24, 2.45) is 5.10 Å². The number of non-ortho nitro benzene ring substituents is 1. The summed E-state index contributed by atoms with van der Waals surface area (Å²) in [4.78, 5) is 30.6. The fourth-order valence-corrected chi connectivity index (χ4v) is 1.10. The van der Waals surface area contributed by atoms with E-state index in [1.165, 1.54) is 7.05 Å². The summed E-state index contributed by atoms with van der Waals surface area (Å²) in [6.07, 6.45) is 0.880. The van der Waals surface area contributed by atoms with Crippen molar-refractivity contribution < 1.29 is 14.6 Å². The lowest BCUT2D eigenvalue weighted by atomic mass is 10.2. The van der Waals surface area contributed by atoms with Gasteiger partial charge in [0.1, 0.15) is 11.9 Å². The molecule has 100 valence electrons. The minimum atomic E-state index is -0.787. The molecule has 0 spiro atoms. The topological polar surface area (TPSA) is 140 Å². The number of hydrazone groups is 1. The van der Waals surface area contributed by atoms with Crippen LogP contribution < -0.4 is 10.7 Å². The van der Waals surface area contributed by atoms with Crippen LogP contribution in [-0.4, -0.2) is 29.0 Å². The SMILES string of the molecule is CNC(=O)C=NNc1ccc([N+](=O)[O-])cc1[N+](=O)[O-]. The predicted molar refractivity (Wildman–Crippen MR) is 65.9 cm³/mol. The first-order valence-corrected chi connectivity index (χ1v) is 4.89. The number of nitrogens with one attached hydrogen (secondary N) is 2. The van der Waals surface area contributed by atoms with Gasteiger partial charge in [-0.25, -0.2) is 0 Å². The summed E-state index contributed by atoms with van der Waals surface area (Å²) < 4.78 is 0. The van der Waals surface area contributed by atoms with E-state index in [1.54, 1.807) is 0 Å². The van der Waals surface area contributed by atoms with Gasteiger partial charge < -0.3 is 5.32 Å². The smallest absolute Gasteiger partial charge is 0.301 e. The summed E-state index contributed by atoms with van der Waals surface area (Å²) >= 11 is 0. The highest BCUT2D eigenvalue weighted by Crippen LogP contribution is 2.28. The second-order valence-corrected chi connectivity index (χ2v) is 3.20. The van der Waals surface area contributed by atoms with E-state index >= 15 is 0 Å². The zero-order chi connectivity index (χ0) is 14.4. The molecular weight excluding hydrogens is 258 g/mol. The summed E-state index contributed by atoms with van der Waals surface area (Å²) in [7, 11) is 1.39. The molecule has 2 N–H and O–H groups in total. The number of nitrogens with zero attached hydrogens (tertiary/aromatic N) is 3. The average molecular weight is 267 g/mol. The standard InChI is InChI=1S/C9H9N5O5/c1-10-9(15)5-11-12-7-3-2-6(13(16)17)4-8(7)14(18)19/h2-5,12H,1H3,(H,10,15). The van der Waals surface area contributed by atoms with Crippen LogP contribution in [0.15, 0.2) is 23.3 Å². The van der Waals surface area contributed by atoms with Crippen molar-refractivity contribution in [3.8, 4) is 0 Å². The molecule has 0 bridgehead atoms. The van der Waals surface area contributed by atoms with E-state index in [9.17, 15) is 25.0 Å². The van der Waals surface area contributed by atoms with Crippen LogP contribution in [0.25, 0.3) is 0 Å². The number of amides is 1. The van der Waals surface area contributed by atoms with Crippen LogP contribution in [0.4, 0.5) is 17.1 Å². The van der Waals surface area contributed by atoms with Crippen LogP contribution in [0, 0.1) is 20.2 Å². The van der Waals surface area contributed by atoms with Gasteiger partial charge in [-0.3, -0.25) is 30.4 Å². The third kappa shape index (κ3) is 3.73. The van der Waals surface area contributed by atoms with Crippen LogP contribution >= 0.6 is 0 Å². The van der Waals surface area contributed by atoms with Gasteiger partial charge in [-0.2, -0.15) is 5.10 Å². The van der Waals surface area contributed by atoms with E-state index in [0.717, 1.165) is 24.4 Å². The number of nitro benzene ring substituents is 2. The third-order valence-electron chi connectivity index (χ3n) is 2.00. The predicted octanol–water partition coefficient (Wildman–Crippen LogP) is 0.647. The van der Waals surface area contributed by atoms with Gasteiger partial charge >= 0.3 is 5.69 Å². The van der Waals surface area contributed by atoms with E-state index in [4.69, 9.17) is 0 Å². The van der Waals surface area contributed by atoms with Gasteiger partial charge in [0.25, 0.3) is 11.6 Å². The first kappa shape index (κ1) is 14.0. The maximum atomic E-state index is 10.8. The number of nitro groups is 2. The molecule has 1 amide bonds. The highest BCUT2D eigenvalue weighted by atomic mass is 16.6. The van der Waals surface area contributed by atoms with Gasteiger partial charge in [0.2, 0.25) is 0 Å². The van der Waals surface area contributed by atoms with Crippen LogP contribution in [-0.2, 0) is 4.79 Å². The quantitative estimate of drug-likeness (QED) is 0.456. The average Bonchev–Trinajstić information content (AvgIpc) is 2.38. The number of anilines is 1. The van der Waals surface area contributed by atoms with Crippen LogP contribution in [0.5, 0.6) is 0 Å². The minimum absolute atomic E-state index is 0.0595. The Hall–Kier alpha value is -3.04. The molecule has 0 aliphatic rings. The van der Waals surface area contributed by atoms with E-state index in [-0.39, 0.29) is 5.69 Å². The Balaban J connectivity index is 3.01. The molecule has 1 aromatic rings. The highest BCUT2D eigenvalue weighted by molar-refractivity contribution is 6.26. The molecule has 0 heterocycles. The molecule has 0 fully saturated rings. The number of hydrogen-bond donors (Lipinski definition) is 2. The monoisotopic (exact) mass is 267 g/mol. The van der Waals surface area contributed by atoms with Crippen molar-refractivity contribution in [2.75, 3.05) is 12.5 Å². The summed E-state index contributed by atoms with van der Waals surface area (Å²) in [5, 5.41) is 27.0. The third-order valence-corrected chi connectivity index (χ3v) is 2.00. The lowest BCUT2D eigenvalue weighted by molar-refractivity contribution is -0.393. The molecule has 1 aromatic carbocycles. The Labute approximate surface area is 106 Å². The van der Waals surface area contributed by atoms with Gasteiger partial charge in [0, 0.05) is 13.1 Å². The Morgan fingerprint density at radius 1 is 1.32 bits per heavy atom. The molecule has 10 heteroatoms. The Kier molecular flexibility index (Phi) is 4.46. The lowest BCUT2D eigenvalue weighted by Gasteiger charge is -2.01. The molecular formula is C9H9N5O5. The molecule has 0 unspecified atom stereocenters. The summed E-state index contributed by atoms with van der Waals surface area (Å²) in [5.41, 5.74) is 1.29. The summed E-state index contributed by atoms with van der Waals surface area (Å²) in [6.45, 7) is 0. The summed E-state index contributed by atoms with van der Waals surface area (Å²) in [6, 6.07) is 3.03. The van der Waals surface area contributed by atoms with Crippen LogP contribution in [0.3, 0.4) is 0 Å². The molecule has 1 rings (SSSR count). The first-order chi connectivity index (χ1) is 8.95. The second kappa shape index (κ2) is 6.05. The molecule has 0 radical (unpaired) electrons. The number of hydrogen-bond acceptors (Lipinski definition) is 7. The zero-order valence-electron chi connectivity index (χ0n) is 9.69. The number of rotatable bonds is 5. The van der Waals surface area contributed by atoms with E-state index in [0.29, 0.717) is 0 Å². The van der Waals surface area contributed by atoms with Crippen molar-refractivity contribution >= 4 is 29.2 Å². The van der Waals surface area contributed by atoms with E-state index in [2.05, 4.69) is 15.8 Å². The molecule has 10 nitrogen and oxygen atoms in total. The van der Waals surface area contributed by atoms with Gasteiger partial charge in [0.15, 0.2) is 0 Å². The molecule has 0 atom stereocenters. The minimum Gasteiger partial charge on any atom is -0.354 e. The van der Waals surface area contributed by atoms with E-state index in [1.807, 2.05) is 0 Å². The largest absolute Gasteiger partial charge is 0.354 e.